The van der Waals surface area contributed by atoms with Crippen molar-refractivity contribution in [2.24, 2.45) is 11.7 Å². The molecule has 0 saturated carbocycles. The highest BCUT2D eigenvalue weighted by atomic mass is 16.6. The monoisotopic (exact) mass is 380 g/mol. The largest absolute Gasteiger partial charge is 0.488 e. The van der Waals surface area contributed by atoms with Gasteiger partial charge in [0.2, 0.25) is 0 Å². The van der Waals surface area contributed by atoms with E-state index in [1.165, 1.54) is 0 Å². The molecule has 0 bridgehead atoms. The van der Waals surface area contributed by atoms with Crippen LogP contribution in [-0.4, -0.2) is 28.3 Å². The molecule has 0 radical (unpaired) electrons. The quantitative estimate of drug-likeness (QED) is 0.742. The Bertz CT molecular complexity index is 905. The third-order valence-corrected chi connectivity index (χ3v) is 3.97. The number of hydrogen-bond donors (Lipinski definition) is 1. The van der Waals surface area contributed by atoms with Gasteiger partial charge in [-0.15, -0.1) is 0 Å². The second-order valence-corrected chi connectivity index (χ2v) is 7.08. The van der Waals surface area contributed by atoms with Gasteiger partial charge in [-0.25, -0.2) is 14.8 Å². The molecule has 1 atom stereocenters. The van der Waals surface area contributed by atoms with Gasteiger partial charge in [-0.3, -0.25) is 0 Å². The fourth-order valence-corrected chi connectivity index (χ4v) is 3.00. The van der Waals surface area contributed by atoms with Crippen molar-refractivity contribution in [1.29, 1.82) is 5.26 Å². The van der Waals surface area contributed by atoms with Crippen LogP contribution in [0.25, 0.3) is 17.3 Å². The molecule has 7 nitrogen and oxygen atoms in total. The van der Waals surface area contributed by atoms with Gasteiger partial charge in [0.05, 0.1) is 11.3 Å². The first kappa shape index (κ1) is 20.9. The molecular formula is C21H24N4O3. The third-order valence-electron chi connectivity index (χ3n) is 3.97. The highest BCUT2D eigenvalue weighted by molar-refractivity contribution is 5.65. The van der Waals surface area contributed by atoms with Crippen LogP contribution < -0.4 is 10.5 Å². The van der Waals surface area contributed by atoms with Gasteiger partial charge < -0.3 is 15.2 Å². The maximum absolute atomic E-state index is 11.3. The second-order valence-electron chi connectivity index (χ2n) is 7.08. The lowest BCUT2D eigenvalue weighted by Gasteiger charge is -2.30. The summed E-state index contributed by atoms with van der Waals surface area (Å²) in [6, 6.07) is 9.08. The molecule has 2 N–H and O–H groups in total. The van der Waals surface area contributed by atoms with Crippen LogP contribution in [0.1, 0.15) is 38.6 Å². The van der Waals surface area contributed by atoms with Crippen molar-refractivity contribution in [2.75, 3.05) is 6.61 Å². The maximum Gasteiger partial charge on any atom is 0.405 e. The minimum Gasteiger partial charge on any atom is -0.488 e. The number of amides is 1. The van der Waals surface area contributed by atoms with E-state index in [1.54, 1.807) is 43.5 Å². The molecule has 1 aromatic heterocycles. The Morgan fingerprint density at radius 1 is 1.43 bits per heavy atom. The highest BCUT2D eigenvalue weighted by Crippen LogP contribution is 2.28. The highest BCUT2D eigenvalue weighted by Gasteiger charge is 2.30. The van der Waals surface area contributed by atoms with Crippen molar-refractivity contribution in [3.63, 3.8) is 0 Å². The van der Waals surface area contributed by atoms with E-state index in [0.29, 0.717) is 29.3 Å². The van der Waals surface area contributed by atoms with Crippen molar-refractivity contribution >= 4 is 12.2 Å². The molecule has 1 amide bonds. The smallest absolute Gasteiger partial charge is 0.405 e. The molecule has 0 spiro atoms. The molecule has 28 heavy (non-hydrogen) atoms. The number of nitrogens with zero attached hydrogens (tertiary/aromatic N) is 3. The minimum absolute atomic E-state index is 0.0796. The molecule has 0 aliphatic carbocycles. The van der Waals surface area contributed by atoms with Gasteiger partial charge in [0.15, 0.2) is 5.82 Å². The third kappa shape index (κ3) is 5.55. The number of rotatable bonds is 8. The van der Waals surface area contributed by atoms with Gasteiger partial charge >= 0.3 is 6.09 Å². The van der Waals surface area contributed by atoms with E-state index < -0.39 is 11.7 Å². The topological polar surface area (TPSA) is 111 Å². The van der Waals surface area contributed by atoms with E-state index in [2.05, 4.69) is 22.6 Å². The van der Waals surface area contributed by atoms with Crippen molar-refractivity contribution in [3.8, 4) is 23.1 Å². The van der Waals surface area contributed by atoms with Crippen LogP contribution >= 0.6 is 0 Å². The van der Waals surface area contributed by atoms with E-state index in [-0.39, 0.29) is 12.5 Å². The first-order valence-corrected chi connectivity index (χ1v) is 8.87. The van der Waals surface area contributed by atoms with Crippen molar-refractivity contribution in [2.45, 2.75) is 32.8 Å². The average Bonchev–Trinajstić information content (AvgIpc) is 2.65. The summed E-state index contributed by atoms with van der Waals surface area (Å²) in [5, 5.41) is 9.53. The SMILES string of the molecule is C=Cc1nccc(-c2ccc(OC[C@](C)(CC(C)C)OC(N)=O)c(C#N)c2)n1. The number of carbonyl (C=O) groups excluding carboxylic acids is 1. The Labute approximate surface area is 164 Å². The van der Waals surface area contributed by atoms with Crippen molar-refractivity contribution in [3.05, 3.63) is 48.4 Å². The van der Waals surface area contributed by atoms with Crippen LogP contribution in [0, 0.1) is 17.2 Å². The molecule has 2 aromatic rings. The minimum atomic E-state index is -0.892. The fourth-order valence-electron chi connectivity index (χ4n) is 3.00. The first-order valence-electron chi connectivity index (χ1n) is 8.87. The lowest BCUT2D eigenvalue weighted by atomic mass is 9.95. The molecule has 146 valence electrons. The van der Waals surface area contributed by atoms with Crippen LogP contribution in [0.4, 0.5) is 4.79 Å². The summed E-state index contributed by atoms with van der Waals surface area (Å²) >= 11 is 0. The van der Waals surface area contributed by atoms with Gasteiger partial charge in [0.25, 0.3) is 0 Å². The Hall–Kier alpha value is -3.40. The van der Waals surface area contributed by atoms with E-state index in [1.807, 2.05) is 13.8 Å². The average molecular weight is 380 g/mol. The molecular weight excluding hydrogens is 356 g/mol. The van der Waals surface area contributed by atoms with E-state index in [4.69, 9.17) is 15.2 Å². The Morgan fingerprint density at radius 2 is 2.18 bits per heavy atom. The zero-order valence-electron chi connectivity index (χ0n) is 16.3. The Morgan fingerprint density at radius 3 is 2.79 bits per heavy atom. The summed E-state index contributed by atoms with van der Waals surface area (Å²) in [6.07, 6.45) is 2.90. The molecule has 0 saturated heterocycles. The molecule has 0 fully saturated rings. The molecule has 2 rings (SSSR count). The number of nitrogens with two attached hydrogens (primary N) is 1. The number of benzene rings is 1. The van der Waals surface area contributed by atoms with Crippen LogP contribution in [0.5, 0.6) is 5.75 Å². The zero-order valence-corrected chi connectivity index (χ0v) is 16.3. The van der Waals surface area contributed by atoms with Gasteiger partial charge in [0, 0.05) is 11.8 Å². The maximum atomic E-state index is 11.3. The molecule has 7 heteroatoms. The molecule has 0 aliphatic rings. The van der Waals surface area contributed by atoms with Gasteiger partial charge in [-0.1, -0.05) is 20.4 Å². The normalized spacial score (nSPS) is 12.7. The van der Waals surface area contributed by atoms with Crippen LogP contribution in [0.2, 0.25) is 0 Å². The van der Waals surface area contributed by atoms with Crippen molar-refractivity contribution in [1.82, 2.24) is 9.97 Å². The zero-order chi connectivity index (χ0) is 20.7. The summed E-state index contributed by atoms with van der Waals surface area (Å²) in [5.41, 5.74) is 6.09. The number of carbonyl (C=O) groups is 1. The first-order chi connectivity index (χ1) is 13.3. The van der Waals surface area contributed by atoms with Crippen LogP contribution in [0.3, 0.4) is 0 Å². The van der Waals surface area contributed by atoms with Crippen molar-refractivity contribution < 1.29 is 14.3 Å². The lowest BCUT2D eigenvalue weighted by molar-refractivity contribution is -0.0186. The van der Waals surface area contributed by atoms with Gasteiger partial charge in [0.1, 0.15) is 24.0 Å². The Kier molecular flexibility index (Phi) is 6.72. The number of hydrogen-bond acceptors (Lipinski definition) is 6. The number of aromatic nitrogens is 2. The molecule has 1 heterocycles. The summed E-state index contributed by atoms with van der Waals surface area (Å²) in [7, 11) is 0. The van der Waals surface area contributed by atoms with Gasteiger partial charge in [-0.2, -0.15) is 5.26 Å². The lowest BCUT2D eigenvalue weighted by Crippen LogP contribution is -2.41. The fraction of sp³-hybridized carbons (Fsp3) is 0.333. The summed E-state index contributed by atoms with van der Waals surface area (Å²) < 4.78 is 11.1. The number of primary amides is 1. The summed E-state index contributed by atoms with van der Waals surface area (Å²) in [5.74, 6) is 1.17. The molecule has 1 aromatic carbocycles. The predicted octanol–water partition coefficient (Wildman–Crippen LogP) is 3.94. The van der Waals surface area contributed by atoms with E-state index in [0.717, 1.165) is 5.56 Å². The standard InChI is InChI=1S/C21H24N4O3/c1-5-19-24-9-8-17(25-19)15-6-7-18(16(10-15)12-22)27-13-21(4,11-14(2)3)28-20(23)26/h5-10,14H,1,11,13H2,2-4H3,(H2,23,26)/t21-/m0/s1. The van der Waals surface area contributed by atoms with E-state index >= 15 is 0 Å². The van der Waals surface area contributed by atoms with Crippen LogP contribution in [-0.2, 0) is 4.74 Å². The molecule has 0 aliphatic heterocycles. The second kappa shape index (κ2) is 9.00. The van der Waals surface area contributed by atoms with E-state index in [9.17, 15) is 10.1 Å². The number of ether oxygens (including phenoxy) is 2. The van der Waals surface area contributed by atoms with Gasteiger partial charge in [-0.05, 0) is 49.6 Å². The predicted molar refractivity (Wildman–Crippen MR) is 106 cm³/mol. The van der Waals surface area contributed by atoms with Crippen LogP contribution in [0.15, 0.2) is 37.0 Å². The Balaban J connectivity index is 2.25. The number of nitriles is 1. The summed E-state index contributed by atoms with van der Waals surface area (Å²) in [6.45, 7) is 9.52. The molecule has 0 unspecified atom stereocenters. The summed E-state index contributed by atoms with van der Waals surface area (Å²) in [4.78, 5) is 19.7.